The average molecular weight is 359 g/mol. The van der Waals surface area contributed by atoms with Gasteiger partial charge >= 0.3 is 0 Å². The van der Waals surface area contributed by atoms with Crippen molar-refractivity contribution in [1.82, 2.24) is 3.97 Å². The summed E-state index contributed by atoms with van der Waals surface area (Å²) >= 11 is 0. The second-order valence-corrected chi connectivity index (χ2v) is 7.64. The monoisotopic (exact) mass is 359 g/mol. The number of phenols is 1. The first-order chi connectivity index (χ1) is 12.1. The first-order valence-corrected chi connectivity index (χ1v) is 9.39. The minimum atomic E-state index is -3.76. The van der Waals surface area contributed by atoms with Gasteiger partial charge in [0.05, 0.1) is 23.6 Å². The van der Waals surface area contributed by atoms with E-state index in [1.165, 1.54) is 22.3 Å². The van der Waals surface area contributed by atoms with Crippen LogP contribution >= 0.6 is 0 Å². The van der Waals surface area contributed by atoms with Crippen molar-refractivity contribution in [3.8, 4) is 5.75 Å². The van der Waals surface area contributed by atoms with Crippen LogP contribution in [0.15, 0.2) is 59.6 Å². The van der Waals surface area contributed by atoms with Gasteiger partial charge in [0, 0.05) is 17.1 Å². The van der Waals surface area contributed by atoms with E-state index in [0.29, 0.717) is 29.7 Å². The van der Waals surface area contributed by atoms with Gasteiger partial charge in [-0.1, -0.05) is 18.2 Å². The van der Waals surface area contributed by atoms with Gasteiger partial charge < -0.3 is 14.6 Å². The lowest BCUT2D eigenvalue weighted by Crippen LogP contribution is -2.18. The quantitative estimate of drug-likeness (QED) is 0.778. The van der Waals surface area contributed by atoms with Crippen molar-refractivity contribution in [1.29, 1.82) is 0 Å². The maximum absolute atomic E-state index is 12.9. The van der Waals surface area contributed by atoms with Crippen LogP contribution in [0.1, 0.15) is 18.3 Å². The number of aromatic nitrogens is 1. The summed E-state index contributed by atoms with van der Waals surface area (Å²) in [5.41, 5.74) is 0.976. The van der Waals surface area contributed by atoms with E-state index < -0.39 is 16.3 Å². The molecule has 2 heterocycles. The normalized spacial score (nSPS) is 16.3. The standard InChI is InChI=1S/C18H17NO5S/c20-17-12-13(18-23-9-4-10-24-18)11-16-15(17)7-8-19(16)25(21,22)14-5-2-1-3-6-14/h1-3,5-8,11-12,18,20H,4,9-10H2. The van der Waals surface area contributed by atoms with Crippen molar-refractivity contribution in [2.75, 3.05) is 13.2 Å². The van der Waals surface area contributed by atoms with Gasteiger partial charge in [-0.15, -0.1) is 0 Å². The fraction of sp³-hybridized carbons (Fsp3) is 0.222. The van der Waals surface area contributed by atoms with Crippen molar-refractivity contribution >= 4 is 20.9 Å². The fourth-order valence-corrected chi connectivity index (χ4v) is 4.31. The highest BCUT2D eigenvalue weighted by Gasteiger charge is 2.23. The molecule has 7 heteroatoms. The van der Waals surface area contributed by atoms with Crippen molar-refractivity contribution in [3.63, 3.8) is 0 Å². The number of phenolic OH excluding ortho intramolecular Hbond substituents is 1. The van der Waals surface area contributed by atoms with E-state index in [-0.39, 0.29) is 10.6 Å². The van der Waals surface area contributed by atoms with Crippen molar-refractivity contribution in [2.24, 2.45) is 0 Å². The van der Waals surface area contributed by atoms with Gasteiger partial charge in [-0.05, 0) is 36.8 Å². The molecule has 1 N–H and O–H groups in total. The Morgan fingerprint density at radius 1 is 1.04 bits per heavy atom. The number of rotatable bonds is 3. The van der Waals surface area contributed by atoms with Gasteiger partial charge in [0.2, 0.25) is 0 Å². The van der Waals surface area contributed by atoms with Gasteiger partial charge in [0.1, 0.15) is 5.75 Å². The average Bonchev–Trinajstić information content (AvgIpc) is 3.08. The SMILES string of the molecule is O=S(=O)(c1ccccc1)n1ccc2c(O)cc(C3OCCCO3)cc21. The molecule has 2 aromatic carbocycles. The topological polar surface area (TPSA) is 77.8 Å². The van der Waals surface area contributed by atoms with E-state index in [1.807, 2.05) is 0 Å². The van der Waals surface area contributed by atoms with Crippen LogP contribution in [0.5, 0.6) is 5.75 Å². The Kier molecular flexibility index (Phi) is 3.99. The zero-order valence-electron chi connectivity index (χ0n) is 13.3. The maximum Gasteiger partial charge on any atom is 0.268 e. The summed E-state index contributed by atoms with van der Waals surface area (Å²) in [4.78, 5) is 0.183. The van der Waals surface area contributed by atoms with E-state index in [9.17, 15) is 13.5 Å². The molecule has 1 aliphatic rings. The van der Waals surface area contributed by atoms with Crippen LogP contribution in [0.4, 0.5) is 0 Å². The first kappa shape index (κ1) is 16.1. The van der Waals surface area contributed by atoms with Gasteiger partial charge in [-0.2, -0.15) is 0 Å². The van der Waals surface area contributed by atoms with Gasteiger partial charge in [0.15, 0.2) is 6.29 Å². The lowest BCUT2D eigenvalue weighted by atomic mass is 10.1. The third-order valence-corrected chi connectivity index (χ3v) is 5.88. The van der Waals surface area contributed by atoms with E-state index in [1.54, 1.807) is 36.4 Å². The maximum atomic E-state index is 12.9. The molecular weight excluding hydrogens is 342 g/mol. The van der Waals surface area contributed by atoms with Crippen molar-refractivity contribution in [3.05, 3.63) is 60.3 Å². The largest absolute Gasteiger partial charge is 0.507 e. The molecule has 0 amide bonds. The van der Waals surface area contributed by atoms with E-state index in [0.717, 1.165) is 6.42 Å². The Hall–Kier alpha value is -2.35. The predicted molar refractivity (Wildman–Crippen MR) is 91.9 cm³/mol. The molecule has 0 bridgehead atoms. The Morgan fingerprint density at radius 2 is 1.76 bits per heavy atom. The molecular formula is C18H17NO5S. The highest BCUT2D eigenvalue weighted by molar-refractivity contribution is 7.90. The number of fused-ring (bicyclic) bond motifs is 1. The zero-order valence-corrected chi connectivity index (χ0v) is 14.1. The number of ether oxygens (including phenoxy) is 2. The number of hydrogen-bond acceptors (Lipinski definition) is 5. The Labute approximate surface area is 145 Å². The molecule has 4 rings (SSSR count). The highest BCUT2D eigenvalue weighted by Crippen LogP contribution is 2.34. The Bertz CT molecular complexity index is 1000. The molecule has 0 aliphatic carbocycles. The smallest absolute Gasteiger partial charge is 0.268 e. The second-order valence-electron chi connectivity index (χ2n) is 5.83. The molecule has 0 radical (unpaired) electrons. The van der Waals surface area contributed by atoms with Crippen LogP contribution in [-0.2, 0) is 19.5 Å². The third-order valence-electron chi connectivity index (χ3n) is 4.17. The van der Waals surface area contributed by atoms with Crippen LogP contribution < -0.4 is 0 Å². The number of benzene rings is 2. The van der Waals surface area contributed by atoms with E-state index in [4.69, 9.17) is 9.47 Å². The fourth-order valence-electron chi connectivity index (χ4n) is 2.95. The lowest BCUT2D eigenvalue weighted by molar-refractivity contribution is -0.183. The molecule has 1 aliphatic heterocycles. The molecule has 0 saturated carbocycles. The molecule has 130 valence electrons. The lowest BCUT2D eigenvalue weighted by Gasteiger charge is -2.23. The van der Waals surface area contributed by atoms with Crippen molar-refractivity contribution < 1.29 is 23.0 Å². The van der Waals surface area contributed by atoms with Gasteiger partial charge in [-0.3, -0.25) is 0 Å². The van der Waals surface area contributed by atoms with Crippen LogP contribution in [0.25, 0.3) is 10.9 Å². The van der Waals surface area contributed by atoms with E-state index >= 15 is 0 Å². The second kappa shape index (κ2) is 6.18. The number of hydrogen-bond donors (Lipinski definition) is 1. The number of nitrogens with zero attached hydrogens (tertiary/aromatic N) is 1. The van der Waals surface area contributed by atoms with Crippen molar-refractivity contribution in [2.45, 2.75) is 17.6 Å². The minimum absolute atomic E-state index is 0.00714. The molecule has 0 spiro atoms. The number of aromatic hydroxyl groups is 1. The van der Waals surface area contributed by atoms with Crippen LogP contribution in [0.3, 0.4) is 0 Å². The van der Waals surface area contributed by atoms with E-state index in [2.05, 4.69) is 0 Å². The van der Waals surface area contributed by atoms with Gasteiger partial charge in [0.25, 0.3) is 10.0 Å². The van der Waals surface area contributed by atoms with Crippen LogP contribution in [0.2, 0.25) is 0 Å². The minimum Gasteiger partial charge on any atom is -0.507 e. The summed E-state index contributed by atoms with van der Waals surface area (Å²) in [6.45, 7) is 1.12. The molecule has 1 saturated heterocycles. The zero-order chi connectivity index (χ0) is 17.4. The summed E-state index contributed by atoms with van der Waals surface area (Å²) in [5, 5.41) is 10.8. The molecule has 6 nitrogen and oxygen atoms in total. The third kappa shape index (κ3) is 2.80. The first-order valence-electron chi connectivity index (χ1n) is 7.95. The Balaban J connectivity index is 1.87. The summed E-state index contributed by atoms with van der Waals surface area (Å²) in [6, 6.07) is 13.0. The molecule has 0 unspecified atom stereocenters. The molecule has 0 atom stereocenters. The molecule has 1 aromatic heterocycles. The van der Waals surface area contributed by atoms with Crippen LogP contribution in [0, 0.1) is 0 Å². The summed E-state index contributed by atoms with van der Waals surface area (Å²) in [5.74, 6) is -0.00714. The predicted octanol–water partition coefficient (Wildman–Crippen LogP) is 3.02. The molecule has 25 heavy (non-hydrogen) atoms. The molecule has 3 aromatic rings. The van der Waals surface area contributed by atoms with Gasteiger partial charge in [-0.25, -0.2) is 12.4 Å². The van der Waals surface area contributed by atoms with Crippen LogP contribution in [-0.4, -0.2) is 30.7 Å². The molecule has 1 fully saturated rings. The summed E-state index contributed by atoms with van der Waals surface area (Å²) in [7, 11) is -3.76. The summed E-state index contributed by atoms with van der Waals surface area (Å²) in [6.07, 6.45) is 1.65. The highest BCUT2D eigenvalue weighted by atomic mass is 32.2. The Morgan fingerprint density at radius 3 is 2.48 bits per heavy atom. The summed E-state index contributed by atoms with van der Waals surface area (Å²) < 4.78 is 38.1.